The topological polar surface area (TPSA) is 71.2 Å². The van der Waals surface area contributed by atoms with Crippen LogP contribution in [-0.2, 0) is 6.54 Å². The maximum Gasteiger partial charge on any atom is 0.130 e. The minimum absolute atomic E-state index is 0.138. The highest BCUT2D eigenvalue weighted by Crippen LogP contribution is 2.26. The number of aromatic nitrogens is 1. The summed E-state index contributed by atoms with van der Waals surface area (Å²) in [7, 11) is 0. The molecule has 1 heterocycles. The summed E-state index contributed by atoms with van der Waals surface area (Å²) in [5, 5.41) is 13.1. The lowest BCUT2D eigenvalue weighted by Crippen LogP contribution is -2.29. The third kappa shape index (κ3) is 3.46. The maximum absolute atomic E-state index is 9.59. The first-order valence-corrected chi connectivity index (χ1v) is 7.95. The number of hydrogen-bond acceptors (Lipinski definition) is 4. The first-order chi connectivity index (χ1) is 10.8. The fourth-order valence-electron chi connectivity index (χ4n) is 3.00. The number of rotatable bonds is 4. The van der Waals surface area contributed by atoms with Crippen LogP contribution in [0.25, 0.3) is 11.1 Å². The number of nitrogens with zero attached hydrogens (tertiary/aromatic N) is 1. The zero-order valence-electron chi connectivity index (χ0n) is 12.7. The van der Waals surface area contributed by atoms with Crippen molar-refractivity contribution in [3.8, 4) is 11.1 Å². The molecule has 2 aromatic rings. The van der Waals surface area contributed by atoms with Crippen LogP contribution in [0.1, 0.15) is 31.2 Å². The van der Waals surface area contributed by atoms with Gasteiger partial charge in [0, 0.05) is 29.9 Å². The lowest BCUT2D eigenvalue weighted by molar-refractivity contribution is 0.126. The van der Waals surface area contributed by atoms with Crippen LogP contribution in [0.3, 0.4) is 0 Å². The number of nitrogens with two attached hydrogens (primary N) is 1. The van der Waals surface area contributed by atoms with Gasteiger partial charge in [0.05, 0.1) is 6.10 Å². The minimum Gasteiger partial charge on any atom is -0.393 e. The summed E-state index contributed by atoms with van der Waals surface area (Å²) in [6.45, 7) is 0.464. The van der Waals surface area contributed by atoms with Gasteiger partial charge < -0.3 is 16.2 Å². The van der Waals surface area contributed by atoms with Crippen molar-refractivity contribution in [3.05, 3.63) is 48.2 Å². The van der Waals surface area contributed by atoms with E-state index in [9.17, 15) is 5.11 Å². The fraction of sp³-hybridized carbons (Fsp3) is 0.389. The van der Waals surface area contributed by atoms with E-state index in [0.717, 1.165) is 48.2 Å². The minimum atomic E-state index is -0.138. The molecular weight excluding hydrogens is 274 g/mol. The summed E-state index contributed by atoms with van der Waals surface area (Å²) in [4.78, 5) is 4.59. The van der Waals surface area contributed by atoms with Crippen molar-refractivity contribution >= 4 is 5.82 Å². The second kappa shape index (κ2) is 6.90. The zero-order chi connectivity index (χ0) is 15.4. The van der Waals surface area contributed by atoms with Gasteiger partial charge in [0.15, 0.2) is 0 Å². The SMILES string of the molecule is NCc1cc(-c2ccccc2)cnc1NC1CCC(O)CC1. The molecule has 0 unspecified atom stereocenters. The van der Waals surface area contributed by atoms with Crippen LogP contribution in [0.2, 0.25) is 0 Å². The summed E-state index contributed by atoms with van der Waals surface area (Å²) in [5.41, 5.74) is 9.18. The average Bonchev–Trinajstić information content (AvgIpc) is 2.58. The number of aliphatic hydroxyl groups excluding tert-OH is 1. The van der Waals surface area contributed by atoms with E-state index in [2.05, 4.69) is 28.5 Å². The number of aliphatic hydroxyl groups is 1. The van der Waals surface area contributed by atoms with E-state index in [4.69, 9.17) is 5.73 Å². The molecule has 0 bridgehead atoms. The van der Waals surface area contributed by atoms with E-state index in [1.807, 2.05) is 24.4 Å². The van der Waals surface area contributed by atoms with Crippen LogP contribution in [0.5, 0.6) is 0 Å². The Bertz CT molecular complexity index is 607. The van der Waals surface area contributed by atoms with E-state index < -0.39 is 0 Å². The highest BCUT2D eigenvalue weighted by atomic mass is 16.3. The lowest BCUT2D eigenvalue weighted by Gasteiger charge is -2.27. The Balaban J connectivity index is 1.78. The first-order valence-electron chi connectivity index (χ1n) is 7.95. The molecule has 1 aromatic heterocycles. The van der Waals surface area contributed by atoms with Crippen LogP contribution < -0.4 is 11.1 Å². The number of anilines is 1. The van der Waals surface area contributed by atoms with Crippen molar-refractivity contribution in [2.45, 2.75) is 44.4 Å². The highest BCUT2D eigenvalue weighted by Gasteiger charge is 2.20. The number of benzene rings is 1. The molecule has 1 saturated carbocycles. The Kier molecular flexibility index (Phi) is 4.71. The summed E-state index contributed by atoms with van der Waals surface area (Å²) >= 11 is 0. The van der Waals surface area contributed by atoms with Crippen LogP contribution in [0.15, 0.2) is 42.6 Å². The maximum atomic E-state index is 9.59. The molecule has 0 spiro atoms. The zero-order valence-corrected chi connectivity index (χ0v) is 12.7. The summed E-state index contributed by atoms with van der Waals surface area (Å²) in [6, 6.07) is 12.7. The predicted molar refractivity (Wildman–Crippen MR) is 89.4 cm³/mol. The van der Waals surface area contributed by atoms with Gasteiger partial charge in [0.25, 0.3) is 0 Å². The molecule has 4 heteroatoms. The van der Waals surface area contributed by atoms with Crippen molar-refractivity contribution in [2.24, 2.45) is 5.73 Å². The molecular formula is C18H23N3O. The fourth-order valence-corrected chi connectivity index (χ4v) is 3.00. The van der Waals surface area contributed by atoms with Gasteiger partial charge in [-0.2, -0.15) is 0 Å². The molecule has 3 rings (SSSR count). The van der Waals surface area contributed by atoms with Gasteiger partial charge in [0.1, 0.15) is 5.82 Å². The number of pyridine rings is 1. The van der Waals surface area contributed by atoms with Gasteiger partial charge in [-0.15, -0.1) is 0 Å². The van der Waals surface area contributed by atoms with Crippen LogP contribution in [0, 0.1) is 0 Å². The van der Waals surface area contributed by atoms with Gasteiger partial charge >= 0.3 is 0 Å². The lowest BCUT2D eigenvalue weighted by atomic mass is 9.93. The molecule has 1 fully saturated rings. The normalized spacial score (nSPS) is 21.5. The molecule has 0 saturated heterocycles. The molecule has 22 heavy (non-hydrogen) atoms. The molecule has 0 radical (unpaired) electrons. The van der Waals surface area contributed by atoms with Crippen molar-refractivity contribution in [1.29, 1.82) is 0 Å². The molecule has 1 aliphatic carbocycles. The van der Waals surface area contributed by atoms with E-state index in [1.54, 1.807) is 0 Å². The first kappa shape index (κ1) is 15.0. The van der Waals surface area contributed by atoms with Gasteiger partial charge in [-0.1, -0.05) is 30.3 Å². The van der Waals surface area contributed by atoms with Crippen molar-refractivity contribution < 1.29 is 5.11 Å². The van der Waals surface area contributed by atoms with E-state index >= 15 is 0 Å². The van der Waals surface area contributed by atoms with Crippen LogP contribution in [-0.4, -0.2) is 22.2 Å². The standard InChI is InChI=1S/C18H23N3O/c19-11-14-10-15(13-4-2-1-3-5-13)12-20-18(14)21-16-6-8-17(22)9-7-16/h1-5,10,12,16-17,22H,6-9,11,19H2,(H,20,21). The molecule has 0 aliphatic heterocycles. The predicted octanol–water partition coefficient (Wildman–Crippen LogP) is 2.92. The molecule has 1 aromatic carbocycles. The van der Waals surface area contributed by atoms with Crippen molar-refractivity contribution in [1.82, 2.24) is 4.98 Å². The molecule has 1 aliphatic rings. The Morgan fingerprint density at radius 2 is 1.82 bits per heavy atom. The Labute approximate surface area is 131 Å². The average molecular weight is 297 g/mol. The molecule has 116 valence electrons. The Morgan fingerprint density at radius 3 is 2.50 bits per heavy atom. The number of nitrogens with one attached hydrogen (secondary N) is 1. The largest absolute Gasteiger partial charge is 0.393 e. The second-order valence-corrected chi connectivity index (χ2v) is 5.95. The third-order valence-corrected chi connectivity index (χ3v) is 4.33. The van der Waals surface area contributed by atoms with E-state index in [1.165, 1.54) is 0 Å². The molecule has 0 atom stereocenters. The molecule has 4 N–H and O–H groups in total. The quantitative estimate of drug-likeness (QED) is 0.811. The second-order valence-electron chi connectivity index (χ2n) is 5.95. The monoisotopic (exact) mass is 297 g/mol. The Morgan fingerprint density at radius 1 is 1.09 bits per heavy atom. The molecule has 0 amide bonds. The Hall–Kier alpha value is -1.91. The van der Waals surface area contributed by atoms with E-state index in [0.29, 0.717) is 12.6 Å². The summed E-state index contributed by atoms with van der Waals surface area (Å²) < 4.78 is 0. The molecule has 4 nitrogen and oxygen atoms in total. The van der Waals surface area contributed by atoms with E-state index in [-0.39, 0.29) is 6.10 Å². The smallest absolute Gasteiger partial charge is 0.130 e. The van der Waals surface area contributed by atoms with Gasteiger partial charge in [-0.05, 0) is 37.3 Å². The summed E-state index contributed by atoms with van der Waals surface area (Å²) in [6.07, 6.45) is 5.44. The van der Waals surface area contributed by atoms with Gasteiger partial charge in [0.2, 0.25) is 0 Å². The van der Waals surface area contributed by atoms with Gasteiger partial charge in [-0.3, -0.25) is 0 Å². The van der Waals surface area contributed by atoms with Crippen LogP contribution in [0.4, 0.5) is 5.82 Å². The summed E-state index contributed by atoms with van der Waals surface area (Å²) in [5.74, 6) is 0.878. The third-order valence-electron chi connectivity index (χ3n) is 4.33. The van der Waals surface area contributed by atoms with Crippen LogP contribution >= 0.6 is 0 Å². The van der Waals surface area contributed by atoms with Gasteiger partial charge in [-0.25, -0.2) is 4.98 Å². The highest BCUT2D eigenvalue weighted by molar-refractivity contribution is 5.65. The van der Waals surface area contributed by atoms with Crippen molar-refractivity contribution in [3.63, 3.8) is 0 Å². The number of hydrogen-bond donors (Lipinski definition) is 3. The van der Waals surface area contributed by atoms with Crippen molar-refractivity contribution in [2.75, 3.05) is 5.32 Å².